The molecule has 0 unspecified atom stereocenters. The topological polar surface area (TPSA) is 165 Å². The Hall–Kier alpha value is -3.88. The van der Waals surface area contributed by atoms with Crippen molar-refractivity contribution in [1.29, 1.82) is 0 Å². The van der Waals surface area contributed by atoms with E-state index >= 15 is 0 Å². The molecule has 0 atom stereocenters. The predicted octanol–water partition coefficient (Wildman–Crippen LogP) is 2.37. The van der Waals surface area contributed by atoms with Gasteiger partial charge in [-0.05, 0) is 73.5 Å². The van der Waals surface area contributed by atoms with Crippen molar-refractivity contribution in [3.63, 3.8) is 0 Å². The Kier molecular flexibility index (Phi) is 14.0. The summed E-state index contributed by atoms with van der Waals surface area (Å²) in [6, 6.07) is 16.4. The summed E-state index contributed by atoms with van der Waals surface area (Å²) in [5.74, 6) is -2.82. The number of carbonyl (C=O) groups is 2. The van der Waals surface area contributed by atoms with Gasteiger partial charge in [-0.15, -0.1) is 0 Å². The minimum absolute atomic E-state index is 0. The average molecular weight is 546 g/mol. The van der Waals surface area contributed by atoms with Gasteiger partial charge in [-0.25, -0.2) is 9.97 Å². The average Bonchev–Trinajstić information content (AvgIpc) is 2.81. The molecule has 0 saturated carbocycles. The minimum atomic E-state index is -1.41. The van der Waals surface area contributed by atoms with Gasteiger partial charge in [-0.1, -0.05) is 12.1 Å². The van der Waals surface area contributed by atoms with Gasteiger partial charge < -0.3 is 26.0 Å². The van der Waals surface area contributed by atoms with E-state index in [4.69, 9.17) is 0 Å². The van der Waals surface area contributed by atoms with Crippen molar-refractivity contribution in [2.75, 3.05) is 0 Å². The van der Waals surface area contributed by atoms with Gasteiger partial charge >= 0.3 is 19.5 Å². The van der Waals surface area contributed by atoms with Gasteiger partial charge in [-0.3, -0.25) is 9.97 Å². The third-order valence-electron chi connectivity index (χ3n) is 3.87. The first-order chi connectivity index (χ1) is 15.4. The van der Waals surface area contributed by atoms with Crippen molar-refractivity contribution >= 4 is 11.9 Å². The summed E-state index contributed by atoms with van der Waals surface area (Å²) in [6.07, 6.45) is 7.15. The molecule has 4 aromatic heterocycles. The summed E-state index contributed by atoms with van der Waals surface area (Å²) < 4.78 is 0. The standard InChI is InChI=1S/C12H8N2O4.2C6H7N.H2N.Ru/c15-11(16)9-5-1-3-7(13-9)8-4-2-6-10(14-8)12(17)18;2*1-6-2-4-7-5-3-6;;/h1-6H,(H,15,16)(H,17,18);2*2-5H,1H3;1H2;/q;;;-1;+3/p-2. The third-order valence-corrected chi connectivity index (χ3v) is 3.87. The van der Waals surface area contributed by atoms with E-state index in [1.165, 1.54) is 47.5 Å². The van der Waals surface area contributed by atoms with Gasteiger partial charge in [0.05, 0.1) is 34.7 Å². The normalized spacial score (nSPS) is 8.88. The molecule has 4 aromatic rings. The Morgan fingerprint density at radius 1 is 0.618 bits per heavy atom. The molecule has 10 heteroatoms. The van der Waals surface area contributed by atoms with Crippen LogP contribution in [0.25, 0.3) is 17.5 Å². The molecule has 175 valence electrons. The first-order valence-electron chi connectivity index (χ1n) is 9.47. The SMILES string of the molecule is Cc1ccncc1.Cc1ccncc1.O=C([O-])c1cccc(-c2cccc(C(=O)[O-])n2)n1.[NH2-].[Ru+3]. The Bertz CT molecular complexity index is 1070. The third kappa shape index (κ3) is 10.6. The first kappa shape index (κ1) is 30.1. The van der Waals surface area contributed by atoms with Crippen molar-refractivity contribution in [2.24, 2.45) is 0 Å². The van der Waals surface area contributed by atoms with Crippen LogP contribution in [0.3, 0.4) is 0 Å². The van der Waals surface area contributed by atoms with E-state index in [1.807, 2.05) is 38.1 Å². The Morgan fingerprint density at radius 2 is 0.941 bits per heavy atom. The molecule has 9 nitrogen and oxygen atoms in total. The number of hydrogen-bond acceptors (Lipinski definition) is 8. The number of carboxylic acid groups (broad SMARTS) is 2. The number of hydrogen-bond donors (Lipinski definition) is 0. The van der Waals surface area contributed by atoms with Crippen LogP contribution >= 0.6 is 0 Å². The molecule has 0 bridgehead atoms. The van der Waals surface area contributed by atoms with E-state index < -0.39 is 11.9 Å². The van der Waals surface area contributed by atoms with Crippen molar-refractivity contribution in [3.05, 3.63) is 114 Å². The smallest absolute Gasteiger partial charge is 0.693 e. The number of rotatable bonds is 3. The Labute approximate surface area is 210 Å². The molecule has 0 aliphatic rings. The predicted molar refractivity (Wildman–Crippen MR) is 119 cm³/mol. The molecule has 0 spiro atoms. The maximum Gasteiger partial charge on any atom is 3.00 e. The molecule has 0 saturated heterocycles. The molecule has 1 radical (unpaired) electrons. The second kappa shape index (κ2) is 15.8. The van der Waals surface area contributed by atoms with Crippen LogP contribution in [0.1, 0.15) is 32.1 Å². The molecule has 34 heavy (non-hydrogen) atoms. The van der Waals surface area contributed by atoms with Crippen LogP contribution < -0.4 is 10.2 Å². The molecule has 0 aliphatic carbocycles. The quantitative estimate of drug-likeness (QED) is 0.354. The molecule has 0 fully saturated rings. The van der Waals surface area contributed by atoms with Gasteiger partial charge in [0.2, 0.25) is 0 Å². The van der Waals surface area contributed by atoms with Crippen molar-refractivity contribution in [2.45, 2.75) is 13.8 Å². The molecule has 0 aliphatic heterocycles. The van der Waals surface area contributed by atoms with Crippen LogP contribution in [0.2, 0.25) is 0 Å². The van der Waals surface area contributed by atoms with Crippen molar-refractivity contribution in [1.82, 2.24) is 19.9 Å². The number of aromatic nitrogens is 4. The number of carbonyl (C=O) groups excluding carboxylic acids is 2. The van der Waals surface area contributed by atoms with E-state index in [0.29, 0.717) is 0 Å². The summed E-state index contributed by atoms with van der Waals surface area (Å²) in [5, 5.41) is 21.3. The van der Waals surface area contributed by atoms with E-state index in [-0.39, 0.29) is 48.4 Å². The zero-order chi connectivity index (χ0) is 23.3. The fraction of sp³-hybridized carbons (Fsp3) is 0.0833. The van der Waals surface area contributed by atoms with Crippen LogP contribution in [0.4, 0.5) is 0 Å². The second-order valence-corrected chi connectivity index (χ2v) is 6.44. The number of aromatic carboxylic acids is 2. The Morgan fingerprint density at radius 3 is 1.18 bits per heavy atom. The summed E-state index contributed by atoms with van der Waals surface area (Å²) in [7, 11) is 0. The van der Waals surface area contributed by atoms with Crippen molar-refractivity contribution < 1.29 is 39.3 Å². The second-order valence-electron chi connectivity index (χ2n) is 6.44. The molecular weight excluding hydrogens is 523 g/mol. The van der Waals surface area contributed by atoms with E-state index in [9.17, 15) is 19.8 Å². The van der Waals surface area contributed by atoms with Crippen LogP contribution in [0.15, 0.2) is 85.5 Å². The maximum absolute atomic E-state index is 10.7. The van der Waals surface area contributed by atoms with Crippen LogP contribution in [0.5, 0.6) is 0 Å². The van der Waals surface area contributed by atoms with Crippen molar-refractivity contribution in [3.8, 4) is 11.4 Å². The van der Waals surface area contributed by atoms with Gasteiger partial charge in [0.1, 0.15) is 0 Å². The zero-order valence-electron chi connectivity index (χ0n) is 18.4. The summed E-state index contributed by atoms with van der Waals surface area (Å²) >= 11 is 0. The zero-order valence-corrected chi connectivity index (χ0v) is 20.2. The van der Waals surface area contributed by atoms with Gasteiger partial charge in [0.25, 0.3) is 0 Å². The molecule has 0 amide bonds. The molecular formula is C24H22N5O4Ru. The van der Waals surface area contributed by atoms with Crippen LogP contribution in [-0.2, 0) is 19.5 Å². The number of carboxylic acids is 2. The summed E-state index contributed by atoms with van der Waals surface area (Å²) in [6.45, 7) is 4.09. The van der Waals surface area contributed by atoms with Gasteiger partial charge in [-0.2, -0.15) is 0 Å². The molecule has 4 heterocycles. The summed E-state index contributed by atoms with van der Waals surface area (Å²) in [5.41, 5.74) is 2.53. The fourth-order valence-electron chi connectivity index (χ4n) is 2.23. The molecule has 4 rings (SSSR count). The number of nitrogens with zero attached hydrogens (tertiary/aromatic N) is 4. The molecule has 0 aromatic carbocycles. The number of pyridine rings is 4. The first-order valence-corrected chi connectivity index (χ1v) is 9.47. The largest absolute Gasteiger partial charge is 3.00 e. The number of nitrogens with two attached hydrogens (primary N) is 1. The van der Waals surface area contributed by atoms with Gasteiger partial charge in [0.15, 0.2) is 0 Å². The Balaban J connectivity index is 0.000000563. The minimum Gasteiger partial charge on any atom is -0.693 e. The van der Waals surface area contributed by atoms with Crippen LogP contribution in [-0.4, -0.2) is 31.9 Å². The number of aryl methyl sites for hydroxylation is 2. The monoisotopic (exact) mass is 546 g/mol. The van der Waals surface area contributed by atoms with Crippen LogP contribution in [0, 0.1) is 13.8 Å². The summed E-state index contributed by atoms with van der Waals surface area (Å²) in [4.78, 5) is 36.6. The maximum atomic E-state index is 10.7. The van der Waals surface area contributed by atoms with E-state index in [0.717, 1.165) is 0 Å². The molecule has 2 N–H and O–H groups in total. The van der Waals surface area contributed by atoms with E-state index in [1.54, 1.807) is 24.8 Å². The van der Waals surface area contributed by atoms with E-state index in [2.05, 4.69) is 19.9 Å². The fourth-order valence-corrected chi connectivity index (χ4v) is 2.23. The van der Waals surface area contributed by atoms with Gasteiger partial charge in [0, 0.05) is 24.8 Å².